The summed E-state index contributed by atoms with van der Waals surface area (Å²) in [6.45, 7) is 4.19. The third-order valence-corrected chi connectivity index (χ3v) is 4.24. The van der Waals surface area contributed by atoms with Crippen LogP contribution in [0.4, 0.5) is 5.69 Å². The molecule has 1 rings (SSSR count). The van der Waals surface area contributed by atoms with Gasteiger partial charge in [0.1, 0.15) is 11.5 Å². The molecule has 0 aliphatic heterocycles. The van der Waals surface area contributed by atoms with Crippen LogP contribution in [0.1, 0.15) is 26.7 Å². The molecule has 0 aliphatic rings. The van der Waals surface area contributed by atoms with E-state index in [1.807, 2.05) is 13.8 Å². The molecule has 0 spiro atoms. The van der Waals surface area contributed by atoms with Crippen molar-refractivity contribution in [2.45, 2.75) is 26.7 Å². The molecule has 6 heteroatoms. The fourth-order valence-electron chi connectivity index (χ4n) is 2.17. The minimum atomic E-state index is -0.586. The largest absolute Gasteiger partial charge is 0.495 e. The zero-order valence-electron chi connectivity index (χ0n) is 13.0. The first-order valence-corrected chi connectivity index (χ1v) is 7.28. The number of nitrogens with one attached hydrogen (secondary N) is 1. The lowest BCUT2D eigenvalue weighted by Crippen LogP contribution is -2.41. The van der Waals surface area contributed by atoms with E-state index < -0.39 is 5.41 Å². The van der Waals surface area contributed by atoms with Crippen molar-refractivity contribution >= 4 is 23.2 Å². The monoisotopic (exact) mass is 314 g/mol. The van der Waals surface area contributed by atoms with Crippen molar-refractivity contribution in [3.63, 3.8) is 0 Å². The average Bonchev–Trinajstić information content (AvgIpc) is 2.50. The van der Waals surface area contributed by atoms with Crippen molar-refractivity contribution in [3.05, 3.63) is 17.2 Å². The molecular formula is C15H23ClN2O3. The molecular weight excluding hydrogens is 292 g/mol. The second-order valence-electron chi connectivity index (χ2n) is 4.83. The molecule has 0 saturated carbocycles. The van der Waals surface area contributed by atoms with E-state index in [2.05, 4.69) is 5.32 Å². The minimum Gasteiger partial charge on any atom is -0.495 e. The van der Waals surface area contributed by atoms with E-state index in [1.165, 1.54) is 14.2 Å². The Morgan fingerprint density at radius 2 is 1.81 bits per heavy atom. The van der Waals surface area contributed by atoms with Crippen LogP contribution in [0.25, 0.3) is 0 Å². The summed E-state index contributed by atoms with van der Waals surface area (Å²) in [5.41, 5.74) is 5.71. The number of hydrogen-bond donors (Lipinski definition) is 2. The number of carbonyl (C=O) groups excluding carboxylic acids is 1. The van der Waals surface area contributed by atoms with Gasteiger partial charge in [0, 0.05) is 12.6 Å². The molecule has 0 atom stereocenters. The van der Waals surface area contributed by atoms with Crippen LogP contribution in [0.5, 0.6) is 11.5 Å². The number of rotatable bonds is 7. The standard InChI is InChI=1S/C15H23ClN2O3/c1-5-15(6-2,9-17)14(19)18-11-7-10(16)12(20-3)8-13(11)21-4/h7-8H,5-6,9,17H2,1-4H3,(H,18,19). The summed E-state index contributed by atoms with van der Waals surface area (Å²) in [7, 11) is 3.04. The Bertz CT molecular complexity index is 494. The lowest BCUT2D eigenvalue weighted by Gasteiger charge is -2.29. The number of amides is 1. The number of hydrogen-bond acceptors (Lipinski definition) is 4. The van der Waals surface area contributed by atoms with Crippen LogP contribution < -0.4 is 20.5 Å². The zero-order chi connectivity index (χ0) is 16.0. The van der Waals surface area contributed by atoms with Crippen LogP contribution >= 0.6 is 11.6 Å². The van der Waals surface area contributed by atoms with Crippen LogP contribution in [0.15, 0.2) is 12.1 Å². The molecule has 118 valence electrons. The first kappa shape index (κ1) is 17.6. The van der Waals surface area contributed by atoms with Gasteiger partial charge in [-0.2, -0.15) is 0 Å². The first-order chi connectivity index (χ1) is 9.97. The van der Waals surface area contributed by atoms with Crippen LogP contribution in [0.2, 0.25) is 5.02 Å². The van der Waals surface area contributed by atoms with Gasteiger partial charge in [-0.15, -0.1) is 0 Å². The van der Waals surface area contributed by atoms with E-state index in [9.17, 15) is 4.79 Å². The van der Waals surface area contributed by atoms with Crippen molar-refractivity contribution in [2.24, 2.45) is 11.1 Å². The fourth-order valence-corrected chi connectivity index (χ4v) is 2.41. The molecule has 0 aromatic heterocycles. The van der Waals surface area contributed by atoms with Crippen molar-refractivity contribution in [1.82, 2.24) is 0 Å². The Hall–Kier alpha value is -1.46. The lowest BCUT2D eigenvalue weighted by molar-refractivity contribution is -0.125. The molecule has 1 aromatic rings. The molecule has 0 radical (unpaired) electrons. The number of carbonyl (C=O) groups is 1. The third kappa shape index (κ3) is 3.60. The number of anilines is 1. The second kappa shape index (κ2) is 7.52. The maximum absolute atomic E-state index is 12.5. The minimum absolute atomic E-state index is 0.130. The van der Waals surface area contributed by atoms with Crippen molar-refractivity contribution < 1.29 is 14.3 Å². The van der Waals surface area contributed by atoms with E-state index in [-0.39, 0.29) is 12.5 Å². The summed E-state index contributed by atoms with van der Waals surface area (Å²) in [6.07, 6.45) is 1.33. The van der Waals surface area contributed by atoms with Crippen molar-refractivity contribution in [2.75, 3.05) is 26.1 Å². The highest BCUT2D eigenvalue weighted by Gasteiger charge is 2.33. The maximum atomic E-state index is 12.5. The summed E-state index contributed by atoms with van der Waals surface area (Å²) in [6, 6.07) is 3.25. The van der Waals surface area contributed by atoms with Crippen LogP contribution in [-0.4, -0.2) is 26.7 Å². The Morgan fingerprint density at radius 3 is 2.24 bits per heavy atom. The molecule has 1 amide bonds. The molecule has 0 bridgehead atoms. The molecule has 5 nitrogen and oxygen atoms in total. The number of halogens is 1. The van der Waals surface area contributed by atoms with Gasteiger partial charge in [0.2, 0.25) is 5.91 Å². The van der Waals surface area contributed by atoms with Gasteiger partial charge in [0.15, 0.2) is 0 Å². The molecule has 0 heterocycles. The van der Waals surface area contributed by atoms with Gasteiger partial charge in [0.05, 0.1) is 30.3 Å². The Balaban J connectivity index is 3.12. The summed E-state index contributed by atoms with van der Waals surface area (Å²) < 4.78 is 10.4. The van der Waals surface area contributed by atoms with E-state index in [1.54, 1.807) is 12.1 Å². The van der Waals surface area contributed by atoms with E-state index >= 15 is 0 Å². The lowest BCUT2D eigenvalue weighted by atomic mass is 9.81. The van der Waals surface area contributed by atoms with Crippen molar-refractivity contribution in [3.8, 4) is 11.5 Å². The topological polar surface area (TPSA) is 73.6 Å². The molecule has 0 unspecified atom stereocenters. The highest BCUT2D eigenvalue weighted by molar-refractivity contribution is 6.32. The fraction of sp³-hybridized carbons (Fsp3) is 0.533. The second-order valence-corrected chi connectivity index (χ2v) is 5.24. The number of benzene rings is 1. The Kier molecular flexibility index (Phi) is 6.30. The maximum Gasteiger partial charge on any atom is 0.231 e. The molecule has 0 saturated heterocycles. The van der Waals surface area contributed by atoms with Gasteiger partial charge in [-0.05, 0) is 18.9 Å². The van der Waals surface area contributed by atoms with Crippen LogP contribution in [-0.2, 0) is 4.79 Å². The van der Waals surface area contributed by atoms with Gasteiger partial charge >= 0.3 is 0 Å². The first-order valence-electron chi connectivity index (χ1n) is 6.91. The Morgan fingerprint density at radius 1 is 1.24 bits per heavy atom. The highest BCUT2D eigenvalue weighted by atomic mass is 35.5. The zero-order valence-corrected chi connectivity index (χ0v) is 13.7. The smallest absolute Gasteiger partial charge is 0.231 e. The Labute approximate surface area is 130 Å². The SMILES string of the molecule is CCC(CC)(CN)C(=O)Nc1cc(Cl)c(OC)cc1OC. The quantitative estimate of drug-likeness (QED) is 0.811. The molecule has 3 N–H and O–H groups in total. The predicted molar refractivity (Wildman–Crippen MR) is 85.3 cm³/mol. The average molecular weight is 315 g/mol. The molecule has 0 fully saturated rings. The van der Waals surface area contributed by atoms with E-state index in [4.69, 9.17) is 26.8 Å². The number of ether oxygens (including phenoxy) is 2. The van der Waals surface area contributed by atoms with Crippen LogP contribution in [0.3, 0.4) is 0 Å². The summed E-state index contributed by atoms with van der Waals surface area (Å²) >= 11 is 6.10. The van der Waals surface area contributed by atoms with Crippen molar-refractivity contribution in [1.29, 1.82) is 0 Å². The predicted octanol–water partition coefficient (Wildman–Crippen LogP) is 3.06. The van der Waals surface area contributed by atoms with E-state index in [0.717, 1.165) is 0 Å². The van der Waals surface area contributed by atoms with Gasteiger partial charge in [0.25, 0.3) is 0 Å². The third-order valence-electron chi connectivity index (χ3n) is 3.95. The highest BCUT2D eigenvalue weighted by Crippen LogP contribution is 2.37. The summed E-state index contributed by atoms with van der Waals surface area (Å²) in [5, 5.41) is 3.27. The molecule has 0 aliphatic carbocycles. The number of methoxy groups -OCH3 is 2. The van der Waals surface area contributed by atoms with E-state index in [0.29, 0.717) is 35.1 Å². The normalized spacial score (nSPS) is 11.1. The van der Waals surface area contributed by atoms with Gasteiger partial charge < -0.3 is 20.5 Å². The summed E-state index contributed by atoms with van der Waals surface area (Å²) in [5.74, 6) is 0.847. The van der Waals surface area contributed by atoms with Crippen LogP contribution in [0, 0.1) is 5.41 Å². The van der Waals surface area contributed by atoms with Gasteiger partial charge in [-0.3, -0.25) is 4.79 Å². The number of nitrogens with two attached hydrogens (primary N) is 1. The summed E-state index contributed by atoms with van der Waals surface area (Å²) in [4.78, 5) is 12.5. The molecule has 21 heavy (non-hydrogen) atoms. The van der Waals surface area contributed by atoms with Gasteiger partial charge in [-0.25, -0.2) is 0 Å². The van der Waals surface area contributed by atoms with Gasteiger partial charge in [-0.1, -0.05) is 25.4 Å². The molecule has 1 aromatic carbocycles.